The molecule has 1 N–H and O–H groups in total. The van der Waals surface area contributed by atoms with Crippen LogP contribution < -0.4 is 0 Å². The third kappa shape index (κ3) is 3.58. The first-order chi connectivity index (χ1) is 13.0. The van der Waals surface area contributed by atoms with Crippen molar-refractivity contribution in [3.8, 4) is 0 Å². The average Bonchev–Trinajstić information content (AvgIpc) is 3.28. The molecule has 1 unspecified atom stereocenters. The molecule has 0 bridgehead atoms. The van der Waals surface area contributed by atoms with E-state index in [1.165, 1.54) is 0 Å². The summed E-state index contributed by atoms with van der Waals surface area (Å²) in [5.41, 5.74) is 0. The quantitative estimate of drug-likeness (QED) is 0.752. The second-order valence-corrected chi connectivity index (χ2v) is 9.26. The number of carbonyl (C=O) groups is 1. The van der Waals surface area contributed by atoms with Crippen molar-refractivity contribution in [1.82, 2.24) is 5.06 Å². The Bertz CT molecular complexity index is 623. The first-order valence-electron chi connectivity index (χ1n) is 9.98. The number of nitrogens with zero attached hydrogens (tertiary/aromatic N) is 1. The van der Waals surface area contributed by atoms with E-state index in [-0.39, 0.29) is 24.2 Å². The summed E-state index contributed by atoms with van der Waals surface area (Å²) in [4.78, 5) is 17.3. The van der Waals surface area contributed by atoms with Crippen LogP contribution in [0.3, 0.4) is 0 Å². The number of rotatable bonds is 4. The number of hydroxylamine groups is 2. The topological polar surface area (TPSA) is 95.9 Å². The third-order valence-electron chi connectivity index (χ3n) is 5.79. The molecule has 28 heavy (non-hydrogen) atoms. The van der Waals surface area contributed by atoms with Crippen molar-refractivity contribution in [3.63, 3.8) is 0 Å². The molecule has 0 aromatic rings. The molecule has 0 amide bonds. The standard InChI is InChI=1S/C19H31NO8/c1-9(2)10-7-11(17(21)22)28-20(10)16-15-14(26-19(5,6)27-15)13(24-16)12-8-23-18(3,4)25-12/h9-16H,7-8H2,1-6H3,(H,21,22)/t10-,11-,12-,13+,14?,15+,16-/m1/s1. The fraction of sp³-hybridized carbons (Fsp3) is 0.947. The van der Waals surface area contributed by atoms with Crippen LogP contribution >= 0.6 is 0 Å². The zero-order chi connectivity index (χ0) is 20.4. The fourth-order valence-corrected chi connectivity index (χ4v) is 4.54. The largest absolute Gasteiger partial charge is 0.479 e. The second-order valence-electron chi connectivity index (χ2n) is 9.26. The molecule has 4 heterocycles. The normalized spacial score (nSPS) is 45.0. The molecule has 9 heteroatoms. The Labute approximate surface area is 165 Å². The minimum Gasteiger partial charge on any atom is -0.479 e. The summed E-state index contributed by atoms with van der Waals surface area (Å²) in [6.07, 6.45) is -2.56. The summed E-state index contributed by atoms with van der Waals surface area (Å²) < 4.78 is 30.4. The van der Waals surface area contributed by atoms with Crippen LogP contribution in [0.25, 0.3) is 0 Å². The lowest BCUT2D eigenvalue weighted by Gasteiger charge is -2.33. The van der Waals surface area contributed by atoms with Crippen LogP contribution in [0.2, 0.25) is 0 Å². The van der Waals surface area contributed by atoms with Crippen molar-refractivity contribution in [2.75, 3.05) is 6.61 Å². The molecule has 9 nitrogen and oxygen atoms in total. The number of hydrogen-bond acceptors (Lipinski definition) is 8. The summed E-state index contributed by atoms with van der Waals surface area (Å²) in [6.45, 7) is 11.9. The van der Waals surface area contributed by atoms with Crippen LogP contribution in [0.15, 0.2) is 0 Å². The SMILES string of the molecule is CC(C)[C@H]1C[C@H](C(=O)O)ON1[C@@H]1O[C@@H]([C@H]2COC(C)(C)O2)C2OC(C)(C)O[C@@H]21. The lowest BCUT2D eigenvalue weighted by atomic mass is 9.98. The number of carboxylic acid groups (broad SMARTS) is 1. The highest BCUT2D eigenvalue weighted by molar-refractivity contribution is 5.72. The molecule has 4 rings (SSSR count). The zero-order valence-electron chi connectivity index (χ0n) is 17.3. The summed E-state index contributed by atoms with van der Waals surface area (Å²) in [5, 5.41) is 11.1. The van der Waals surface area contributed by atoms with Crippen LogP contribution in [-0.4, -0.2) is 77.1 Å². The Kier molecular flexibility index (Phi) is 5.02. The van der Waals surface area contributed by atoms with Crippen LogP contribution in [0.5, 0.6) is 0 Å². The fourth-order valence-electron chi connectivity index (χ4n) is 4.54. The molecular formula is C19H31NO8. The summed E-state index contributed by atoms with van der Waals surface area (Å²) in [7, 11) is 0. The van der Waals surface area contributed by atoms with Gasteiger partial charge in [0.15, 0.2) is 23.9 Å². The number of carboxylic acids is 1. The second kappa shape index (κ2) is 6.87. The Balaban J connectivity index is 1.59. The van der Waals surface area contributed by atoms with Crippen LogP contribution in [-0.2, 0) is 33.3 Å². The van der Waals surface area contributed by atoms with Crippen LogP contribution in [0, 0.1) is 5.92 Å². The van der Waals surface area contributed by atoms with Gasteiger partial charge in [-0.1, -0.05) is 13.8 Å². The Hall–Kier alpha value is -0.810. The van der Waals surface area contributed by atoms with Gasteiger partial charge in [0.1, 0.15) is 24.4 Å². The van der Waals surface area contributed by atoms with E-state index in [2.05, 4.69) is 0 Å². The maximum atomic E-state index is 11.5. The molecule has 0 aromatic carbocycles. The third-order valence-corrected chi connectivity index (χ3v) is 5.79. The van der Waals surface area contributed by atoms with Crippen molar-refractivity contribution in [3.05, 3.63) is 0 Å². The van der Waals surface area contributed by atoms with Gasteiger partial charge in [0, 0.05) is 12.5 Å². The van der Waals surface area contributed by atoms with E-state index in [0.717, 1.165) is 0 Å². The maximum Gasteiger partial charge on any atom is 0.335 e. The number of ether oxygens (including phenoxy) is 5. The molecule has 4 saturated heterocycles. The molecule has 0 radical (unpaired) electrons. The molecule has 4 aliphatic heterocycles. The van der Waals surface area contributed by atoms with Gasteiger partial charge < -0.3 is 28.8 Å². The van der Waals surface area contributed by atoms with Gasteiger partial charge in [-0.05, 0) is 33.6 Å². The highest BCUT2D eigenvalue weighted by Crippen LogP contribution is 2.45. The summed E-state index contributed by atoms with van der Waals surface area (Å²) in [5.74, 6) is -2.25. The minimum absolute atomic E-state index is 0.102. The molecule has 4 aliphatic rings. The van der Waals surface area contributed by atoms with Crippen molar-refractivity contribution >= 4 is 5.97 Å². The van der Waals surface area contributed by atoms with Gasteiger partial charge in [0.05, 0.1) is 6.61 Å². The van der Waals surface area contributed by atoms with Gasteiger partial charge in [-0.2, -0.15) is 5.06 Å². The Morgan fingerprint density at radius 2 is 1.71 bits per heavy atom. The van der Waals surface area contributed by atoms with Gasteiger partial charge in [-0.3, -0.25) is 4.84 Å². The first kappa shape index (κ1) is 20.5. The minimum atomic E-state index is -0.975. The highest BCUT2D eigenvalue weighted by atomic mass is 16.8. The first-order valence-corrected chi connectivity index (χ1v) is 9.98. The molecule has 4 fully saturated rings. The van der Waals surface area contributed by atoms with E-state index in [4.69, 9.17) is 28.5 Å². The van der Waals surface area contributed by atoms with Gasteiger partial charge in [-0.15, -0.1) is 0 Å². The summed E-state index contributed by atoms with van der Waals surface area (Å²) in [6, 6.07) is -0.102. The van der Waals surface area contributed by atoms with Gasteiger partial charge in [0.2, 0.25) is 0 Å². The van der Waals surface area contributed by atoms with Crippen molar-refractivity contribution in [2.45, 2.75) is 102 Å². The molecular weight excluding hydrogens is 370 g/mol. The van der Waals surface area contributed by atoms with Gasteiger partial charge >= 0.3 is 5.97 Å². The van der Waals surface area contributed by atoms with Gasteiger partial charge in [-0.25, -0.2) is 4.79 Å². The van der Waals surface area contributed by atoms with E-state index in [1.54, 1.807) is 5.06 Å². The molecule has 0 aliphatic carbocycles. The predicted octanol–water partition coefficient (Wildman–Crippen LogP) is 1.50. The lowest BCUT2D eigenvalue weighted by molar-refractivity contribution is -0.293. The molecule has 160 valence electrons. The molecule has 0 spiro atoms. The van der Waals surface area contributed by atoms with Crippen molar-refractivity contribution in [1.29, 1.82) is 0 Å². The van der Waals surface area contributed by atoms with E-state index < -0.39 is 42.1 Å². The average molecular weight is 401 g/mol. The van der Waals surface area contributed by atoms with Crippen molar-refractivity contribution < 1.29 is 38.4 Å². The highest BCUT2D eigenvalue weighted by Gasteiger charge is 2.62. The number of hydrogen-bond donors (Lipinski definition) is 1. The zero-order valence-corrected chi connectivity index (χ0v) is 17.3. The van der Waals surface area contributed by atoms with Crippen LogP contribution in [0.1, 0.15) is 48.0 Å². The van der Waals surface area contributed by atoms with Crippen LogP contribution in [0.4, 0.5) is 0 Å². The Morgan fingerprint density at radius 3 is 2.29 bits per heavy atom. The molecule has 0 saturated carbocycles. The van der Waals surface area contributed by atoms with Crippen molar-refractivity contribution in [2.24, 2.45) is 5.92 Å². The van der Waals surface area contributed by atoms with Gasteiger partial charge in [0.25, 0.3) is 0 Å². The van der Waals surface area contributed by atoms with E-state index >= 15 is 0 Å². The Morgan fingerprint density at radius 1 is 1.04 bits per heavy atom. The number of fused-ring (bicyclic) bond motifs is 1. The molecule has 7 atom stereocenters. The van der Waals surface area contributed by atoms with E-state index in [9.17, 15) is 9.90 Å². The summed E-state index contributed by atoms with van der Waals surface area (Å²) >= 11 is 0. The molecule has 0 aromatic heterocycles. The predicted molar refractivity (Wildman–Crippen MR) is 95.0 cm³/mol. The van der Waals surface area contributed by atoms with E-state index in [0.29, 0.717) is 13.0 Å². The monoisotopic (exact) mass is 401 g/mol. The number of aliphatic carboxylic acids is 1. The maximum absolute atomic E-state index is 11.5. The smallest absolute Gasteiger partial charge is 0.335 e. The van der Waals surface area contributed by atoms with E-state index in [1.807, 2.05) is 41.5 Å². The lowest BCUT2D eigenvalue weighted by Crippen LogP contribution is -2.47.